The Hall–Kier alpha value is -1.10. The highest BCUT2D eigenvalue weighted by molar-refractivity contribution is 7.15. The first kappa shape index (κ1) is 12.4. The number of anilines is 1. The van der Waals surface area contributed by atoms with Crippen molar-refractivity contribution in [1.82, 2.24) is 9.88 Å². The number of aryl methyl sites for hydroxylation is 1. The molecular weight excluding hydrogens is 234 g/mol. The van der Waals surface area contributed by atoms with E-state index >= 15 is 0 Å². The third-order valence-electron chi connectivity index (χ3n) is 3.10. The van der Waals surface area contributed by atoms with Crippen LogP contribution in [0.15, 0.2) is 6.20 Å². The number of aromatic nitrogens is 1. The molecule has 0 bridgehead atoms. The summed E-state index contributed by atoms with van der Waals surface area (Å²) in [5.74, 6) is 0.262. The highest BCUT2D eigenvalue weighted by Crippen LogP contribution is 2.23. The lowest BCUT2D eigenvalue weighted by Gasteiger charge is -2.34. The molecule has 0 unspecified atom stereocenters. The molecule has 17 heavy (non-hydrogen) atoms. The fourth-order valence-corrected chi connectivity index (χ4v) is 2.88. The molecule has 94 valence electrons. The lowest BCUT2D eigenvalue weighted by atomic mass is 10.3. The lowest BCUT2D eigenvalue weighted by Crippen LogP contribution is -2.48. The third-order valence-corrected chi connectivity index (χ3v) is 4.30. The summed E-state index contributed by atoms with van der Waals surface area (Å²) in [6, 6.07) is 0. The van der Waals surface area contributed by atoms with Gasteiger partial charge in [0.2, 0.25) is 5.91 Å². The topological polar surface area (TPSA) is 36.4 Å². The van der Waals surface area contributed by atoms with E-state index in [4.69, 9.17) is 0 Å². The Morgan fingerprint density at radius 1 is 1.35 bits per heavy atom. The van der Waals surface area contributed by atoms with E-state index in [1.165, 1.54) is 4.88 Å². The number of carbonyl (C=O) groups excluding carboxylic acids is 1. The quantitative estimate of drug-likeness (QED) is 0.823. The Kier molecular flexibility index (Phi) is 3.99. The normalized spacial score (nSPS) is 16.4. The van der Waals surface area contributed by atoms with Gasteiger partial charge in [-0.1, -0.05) is 13.8 Å². The molecule has 1 aromatic heterocycles. The van der Waals surface area contributed by atoms with Gasteiger partial charge in [-0.3, -0.25) is 4.79 Å². The average molecular weight is 253 g/mol. The van der Waals surface area contributed by atoms with Gasteiger partial charge in [0.1, 0.15) is 0 Å². The molecule has 0 aromatic carbocycles. The van der Waals surface area contributed by atoms with E-state index < -0.39 is 0 Å². The van der Waals surface area contributed by atoms with Gasteiger partial charge in [-0.15, -0.1) is 11.3 Å². The molecule has 1 saturated heterocycles. The lowest BCUT2D eigenvalue weighted by molar-refractivity contribution is -0.131. The first-order valence-electron chi connectivity index (χ1n) is 6.22. The van der Waals surface area contributed by atoms with E-state index in [0.717, 1.165) is 37.7 Å². The highest BCUT2D eigenvalue weighted by atomic mass is 32.1. The molecule has 1 fully saturated rings. The number of piperazine rings is 1. The number of carbonyl (C=O) groups is 1. The van der Waals surface area contributed by atoms with Crippen molar-refractivity contribution in [2.24, 2.45) is 0 Å². The van der Waals surface area contributed by atoms with Gasteiger partial charge in [0.25, 0.3) is 0 Å². The molecule has 0 atom stereocenters. The second kappa shape index (κ2) is 5.49. The van der Waals surface area contributed by atoms with Crippen LogP contribution in [0.2, 0.25) is 0 Å². The zero-order valence-corrected chi connectivity index (χ0v) is 11.3. The molecular formula is C12H19N3OS. The van der Waals surface area contributed by atoms with E-state index in [9.17, 15) is 4.79 Å². The maximum atomic E-state index is 11.6. The van der Waals surface area contributed by atoms with Gasteiger partial charge in [0.05, 0.1) is 0 Å². The smallest absolute Gasteiger partial charge is 0.222 e. The van der Waals surface area contributed by atoms with Gasteiger partial charge in [-0.05, 0) is 6.42 Å². The summed E-state index contributed by atoms with van der Waals surface area (Å²) in [5.41, 5.74) is 0. The van der Waals surface area contributed by atoms with Gasteiger partial charge in [-0.25, -0.2) is 4.98 Å². The predicted molar refractivity (Wildman–Crippen MR) is 70.6 cm³/mol. The molecule has 0 spiro atoms. The number of hydrogen-bond acceptors (Lipinski definition) is 4. The van der Waals surface area contributed by atoms with Crippen LogP contribution < -0.4 is 4.90 Å². The third kappa shape index (κ3) is 2.77. The van der Waals surface area contributed by atoms with Crippen molar-refractivity contribution in [2.45, 2.75) is 26.7 Å². The van der Waals surface area contributed by atoms with E-state index in [-0.39, 0.29) is 5.91 Å². The molecule has 4 nitrogen and oxygen atoms in total. The first-order valence-corrected chi connectivity index (χ1v) is 7.03. The number of nitrogens with zero attached hydrogens (tertiary/aromatic N) is 3. The molecule has 2 heterocycles. The summed E-state index contributed by atoms with van der Waals surface area (Å²) in [7, 11) is 0. The van der Waals surface area contributed by atoms with E-state index in [0.29, 0.717) is 6.42 Å². The molecule has 1 aliphatic heterocycles. The van der Waals surface area contributed by atoms with Crippen molar-refractivity contribution in [2.75, 3.05) is 31.1 Å². The summed E-state index contributed by atoms with van der Waals surface area (Å²) >= 11 is 1.77. The predicted octanol–water partition coefficient (Wildman–Crippen LogP) is 1.76. The molecule has 2 rings (SSSR count). The Morgan fingerprint density at radius 3 is 2.59 bits per heavy atom. The van der Waals surface area contributed by atoms with E-state index in [1.807, 2.05) is 18.0 Å². The van der Waals surface area contributed by atoms with Gasteiger partial charge in [-0.2, -0.15) is 0 Å². The van der Waals surface area contributed by atoms with Crippen molar-refractivity contribution >= 4 is 22.4 Å². The minimum Gasteiger partial charge on any atom is -0.345 e. The van der Waals surface area contributed by atoms with Crippen molar-refractivity contribution in [3.05, 3.63) is 11.1 Å². The Balaban J connectivity index is 1.92. The molecule has 1 aliphatic rings. The average Bonchev–Trinajstić information content (AvgIpc) is 2.87. The maximum absolute atomic E-state index is 11.6. The molecule has 0 saturated carbocycles. The van der Waals surface area contributed by atoms with Crippen LogP contribution in [0.4, 0.5) is 5.13 Å². The number of thiazole rings is 1. The van der Waals surface area contributed by atoms with Crippen molar-refractivity contribution in [3.8, 4) is 0 Å². The molecule has 1 aromatic rings. The number of amides is 1. The Labute approximate surface area is 106 Å². The second-order valence-electron chi connectivity index (χ2n) is 4.18. The first-order chi connectivity index (χ1) is 8.24. The zero-order chi connectivity index (χ0) is 12.3. The monoisotopic (exact) mass is 253 g/mol. The van der Waals surface area contributed by atoms with Gasteiger partial charge in [0, 0.05) is 43.7 Å². The summed E-state index contributed by atoms with van der Waals surface area (Å²) in [4.78, 5) is 21.6. The van der Waals surface area contributed by atoms with Crippen LogP contribution in [0.25, 0.3) is 0 Å². The standard InChI is InChI=1S/C12H19N3OS/c1-3-10-9-13-12(17-10)15-7-5-14(6-8-15)11(16)4-2/h9H,3-8H2,1-2H3. The van der Waals surface area contributed by atoms with Gasteiger partial charge in [0.15, 0.2) is 5.13 Å². The fraction of sp³-hybridized carbons (Fsp3) is 0.667. The Morgan fingerprint density at radius 2 is 2.06 bits per heavy atom. The zero-order valence-electron chi connectivity index (χ0n) is 10.5. The van der Waals surface area contributed by atoms with Crippen LogP contribution in [0.5, 0.6) is 0 Å². The molecule has 1 amide bonds. The maximum Gasteiger partial charge on any atom is 0.222 e. The number of rotatable bonds is 3. The van der Waals surface area contributed by atoms with Gasteiger partial charge < -0.3 is 9.80 Å². The summed E-state index contributed by atoms with van der Waals surface area (Å²) in [6.07, 6.45) is 3.62. The highest BCUT2D eigenvalue weighted by Gasteiger charge is 2.21. The van der Waals surface area contributed by atoms with E-state index in [2.05, 4.69) is 16.8 Å². The largest absolute Gasteiger partial charge is 0.345 e. The van der Waals surface area contributed by atoms with Crippen LogP contribution >= 0.6 is 11.3 Å². The summed E-state index contributed by atoms with van der Waals surface area (Å²) < 4.78 is 0. The fourth-order valence-electron chi connectivity index (χ4n) is 1.98. The number of hydrogen-bond donors (Lipinski definition) is 0. The van der Waals surface area contributed by atoms with Gasteiger partial charge >= 0.3 is 0 Å². The minimum atomic E-state index is 0.262. The summed E-state index contributed by atoms with van der Waals surface area (Å²) in [6.45, 7) is 7.53. The molecule has 0 aliphatic carbocycles. The van der Waals surface area contributed by atoms with Crippen LogP contribution in [-0.2, 0) is 11.2 Å². The SMILES string of the molecule is CCC(=O)N1CCN(c2ncc(CC)s2)CC1. The van der Waals surface area contributed by atoms with Crippen molar-refractivity contribution in [1.29, 1.82) is 0 Å². The van der Waals surface area contributed by atoms with Crippen molar-refractivity contribution < 1.29 is 4.79 Å². The van der Waals surface area contributed by atoms with Crippen LogP contribution in [0.1, 0.15) is 25.1 Å². The summed E-state index contributed by atoms with van der Waals surface area (Å²) in [5, 5.41) is 1.10. The molecule has 0 radical (unpaired) electrons. The second-order valence-corrected chi connectivity index (χ2v) is 5.28. The minimum absolute atomic E-state index is 0.262. The van der Waals surface area contributed by atoms with Crippen LogP contribution in [0, 0.1) is 0 Å². The van der Waals surface area contributed by atoms with E-state index in [1.54, 1.807) is 11.3 Å². The Bertz CT molecular complexity index is 383. The van der Waals surface area contributed by atoms with Crippen molar-refractivity contribution in [3.63, 3.8) is 0 Å². The molecule has 5 heteroatoms. The van der Waals surface area contributed by atoms with Crippen LogP contribution in [-0.4, -0.2) is 42.0 Å². The molecule has 0 N–H and O–H groups in total. The van der Waals surface area contributed by atoms with Crippen LogP contribution in [0.3, 0.4) is 0 Å².